The molecular weight excluding hydrogens is 276 g/mol. The van der Waals surface area contributed by atoms with Gasteiger partial charge in [0.05, 0.1) is 0 Å². The molecule has 3 fully saturated rings. The van der Waals surface area contributed by atoms with Gasteiger partial charge >= 0.3 is 0 Å². The van der Waals surface area contributed by atoms with Crippen LogP contribution in [0.4, 0.5) is 0 Å². The lowest BCUT2D eigenvalue weighted by atomic mass is 10.2. The Hall–Kier alpha value is -0.240. The second-order valence-corrected chi connectivity index (χ2v) is 7.36. The van der Waals surface area contributed by atoms with Crippen molar-refractivity contribution in [3.63, 3.8) is 0 Å². The van der Waals surface area contributed by atoms with Gasteiger partial charge in [-0.3, -0.25) is 14.7 Å². The lowest BCUT2D eigenvalue weighted by molar-refractivity contribution is -0.108. The van der Waals surface area contributed by atoms with Gasteiger partial charge in [-0.2, -0.15) is 0 Å². The third-order valence-corrected chi connectivity index (χ3v) is 5.59. The standard InChI is InChI=1S/C16H34N6/c1-17-4-10-20(11-5-17)16(21-12-6-18(2)7-13-21)22-14-8-19(3)9-15-22/h16H,4-15H2,1-3H3. The number of hydrogen-bond acceptors (Lipinski definition) is 6. The molecule has 3 aliphatic heterocycles. The minimum absolute atomic E-state index is 0.524. The van der Waals surface area contributed by atoms with Crippen molar-refractivity contribution >= 4 is 0 Å². The van der Waals surface area contributed by atoms with Gasteiger partial charge in [0.25, 0.3) is 0 Å². The Morgan fingerprint density at radius 2 is 0.636 bits per heavy atom. The second kappa shape index (κ2) is 7.55. The monoisotopic (exact) mass is 310 g/mol. The summed E-state index contributed by atoms with van der Waals surface area (Å²) in [6.07, 6.45) is 0.524. The van der Waals surface area contributed by atoms with E-state index in [0.29, 0.717) is 6.29 Å². The van der Waals surface area contributed by atoms with E-state index in [0.717, 1.165) is 0 Å². The van der Waals surface area contributed by atoms with Gasteiger partial charge in [-0.1, -0.05) is 0 Å². The number of hydrogen-bond donors (Lipinski definition) is 0. The summed E-state index contributed by atoms with van der Waals surface area (Å²) in [5, 5.41) is 0. The first-order valence-corrected chi connectivity index (χ1v) is 8.91. The molecule has 0 radical (unpaired) electrons. The van der Waals surface area contributed by atoms with E-state index in [-0.39, 0.29) is 0 Å². The zero-order chi connectivity index (χ0) is 15.5. The summed E-state index contributed by atoms with van der Waals surface area (Å²) in [6.45, 7) is 14.5. The maximum absolute atomic E-state index is 2.73. The summed E-state index contributed by atoms with van der Waals surface area (Å²) >= 11 is 0. The van der Waals surface area contributed by atoms with Gasteiger partial charge in [-0.25, -0.2) is 0 Å². The van der Waals surface area contributed by atoms with Gasteiger partial charge in [0, 0.05) is 78.5 Å². The zero-order valence-electron chi connectivity index (χ0n) is 14.7. The second-order valence-electron chi connectivity index (χ2n) is 7.36. The van der Waals surface area contributed by atoms with Crippen molar-refractivity contribution in [1.29, 1.82) is 0 Å². The first-order valence-electron chi connectivity index (χ1n) is 8.91. The molecule has 0 spiro atoms. The first kappa shape index (κ1) is 16.6. The summed E-state index contributed by atoms with van der Waals surface area (Å²) in [7, 11) is 6.74. The van der Waals surface area contributed by atoms with Crippen molar-refractivity contribution in [3.05, 3.63) is 0 Å². The van der Waals surface area contributed by atoms with Gasteiger partial charge in [0.15, 0.2) is 0 Å². The highest BCUT2D eigenvalue weighted by Crippen LogP contribution is 2.18. The fourth-order valence-corrected chi connectivity index (χ4v) is 3.85. The molecule has 128 valence electrons. The lowest BCUT2D eigenvalue weighted by Crippen LogP contribution is -2.67. The van der Waals surface area contributed by atoms with Crippen molar-refractivity contribution in [2.45, 2.75) is 6.29 Å². The summed E-state index contributed by atoms with van der Waals surface area (Å²) in [5.74, 6) is 0. The molecule has 6 heteroatoms. The highest BCUT2D eigenvalue weighted by Gasteiger charge is 2.34. The summed E-state index contributed by atoms with van der Waals surface area (Å²) < 4.78 is 0. The molecule has 3 heterocycles. The van der Waals surface area contributed by atoms with E-state index in [2.05, 4.69) is 50.5 Å². The fraction of sp³-hybridized carbons (Fsp3) is 1.00. The zero-order valence-corrected chi connectivity index (χ0v) is 14.7. The van der Waals surface area contributed by atoms with E-state index in [4.69, 9.17) is 0 Å². The topological polar surface area (TPSA) is 19.4 Å². The molecule has 0 amide bonds. The molecule has 3 aliphatic rings. The molecule has 0 aromatic heterocycles. The van der Waals surface area contributed by atoms with E-state index in [9.17, 15) is 0 Å². The highest BCUT2D eigenvalue weighted by molar-refractivity contribution is 4.84. The fourth-order valence-electron chi connectivity index (χ4n) is 3.85. The molecule has 0 saturated carbocycles. The highest BCUT2D eigenvalue weighted by atomic mass is 15.5. The predicted octanol–water partition coefficient (Wildman–Crippen LogP) is -0.988. The van der Waals surface area contributed by atoms with Gasteiger partial charge in [0.1, 0.15) is 6.29 Å². The van der Waals surface area contributed by atoms with Gasteiger partial charge in [0.2, 0.25) is 0 Å². The Labute approximate surface area is 136 Å². The van der Waals surface area contributed by atoms with E-state index < -0.39 is 0 Å². The molecule has 0 atom stereocenters. The van der Waals surface area contributed by atoms with Crippen molar-refractivity contribution < 1.29 is 0 Å². The maximum Gasteiger partial charge on any atom is 0.119 e. The maximum atomic E-state index is 2.73. The molecule has 0 N–H and O–H groups in total. The molecule has 0 aromatic rings. The number of nitrogens with zero attached hydrogens (tertiary/aromatic N) is 6. The Morgan fingerprint density at radius 3 is 0.864 bits per heavy atom. The van der Waals surface area contributed by atoms with Crippen LogP contribution in [-0.4, -0.2) is 135 Å². The van der Waals surface area contributed by atoms with Gasteiger partial charge < -0.3 is 14.7 Å². The molecule has 0 aliphatic carbocycles. The third kappa shape index (κ3) is 3.99. The molecule has 3 rings (SSSR count). The number of likely N-dealkylation sites (N-methyl/N-ethyl adjacent to an activating group) is 3. The lowest BCUT2D eigenvalue weighted by Gasteiger charge is -2.51. The van der Waals surface area contributed by atoms with Crippen LogP contribution in [0.15, 0.2) is 0 Å². The Morgan fingerprint density at radius 1 is 0.409 bits per heavy atom. The number of rotatable bonds is 3. The molecule has 0 bridgehead atoms. The summed E-state index contributed by atoms with van der Waals surface area (Å²) in [5.41, 5.74) is 0. The molecule has 0 unspecified atom stereocenters. The minimum Gasteiger partial charge on any atom is -0.304 e. The van der Waals surface area contributed by atoms with Crippen LogP contribution < -0.4 is 0 Å². The average molecular weight is 310 g/mol. The normalized spacial score (nSPS) is 29.5. The predicted molar refractivity (Wildman–Crippen MR) is 91.0 cm³/mol. The van der Waals surface area contributed by atoms with Crippen LogP contribution >= 0.6 is 0 Å². The first-order chi connectivity index (χ1) is 10.6. The van der Waals surface area contributed by atoms with Crippen molar-refractivity contribution in [2.24, 2.45) is 0 Å². The third-order valence-electron chi connectivity index (χ3n) is 5.59. The quantitative estimate of drug-likeness (QED) is 0.662. The Bertz CT molecular complexity index is 275. The summed E-state index contributed by atoms with van der Waals surface area (Å²) in [4.78, 5) is 15.6. The Kier molecular flexibility index (Phi) is 5.70. The van der Waals surface area contributed by atoms with Crippen molar-refractivity contribution in [1.82, 2.24) is 29.4 Å². The Balaban J connectivity index is 1.67. The van der Waals surface area contributed by atoms with E-state index in [1.165, 1.54) is 78.5 Å². The van der Waals surface area contributed by atoms with Crippen LogP contribution in [0.1, 0.15) is 0 Å². The van der Waals surface area contributed by atoms with E-state index in [1.807, 2.05) is 0 Å². The molecule has 6 nitrogen and oxygen atoms in total. The van der Waals surface area contributed by atoms with Gasteiger partial charge in [-0.15, -0.1) is 0 Å². The van der Waals surface area contributed by atoms with E-state index >= 15 is 0 Å². The average Bonchev–Trinajstić information content (AvgIpc) is 2.53. The van der Waals surface area contributed by atoms with Crippen LogP contribution in [0.3, 0.4) is 0 Å². The molecule has 0 aromatic carbocycles. The van der Waals surface area contributed by atoms with Crippen LogP contribution in [0, 0.1) is 0 Å². The van der Waals surface area contributed by atoms with Gasteiger partial charge in [-0.05, 0) is 21.1 Å². The minimum atomic E-state index is 0.524. The van der Waals surface area contributed by atoms with Crippen molar-refractivity contribution in [2.75, 3.05) is 99.7 Å². The molecule has 22 heavy (non-hydrogen) atoms. The molecular formula is C16H34N6. The number of piperazine rings is 3. The smallest absolute Gasteiger partial charge is 0.119 e. The molecule has 3 saturated heterocycles. The van der Waals surface area contributed by atoms with Crippen LogP contribution in [0.2, 0.25) is 0 Å². The van der Waals surface area contributed by atoms with Crippen molar-refractivity contribution in [3.8, 4) is 0 Å². The SMILES string of the molecule is CN1CCN(C(N2CCN(C)CC2)N2CCN(C)CC2)CC1. The van der Waals surface area contributed by atoms with Crippen LogP contribution in [-0.2, 0) is 0 Å². The largest absolute Gasteiger partial charge is 0.304 e. The van der Waals surface area contributed by atoms with Crippen LogP contribution in [0.25, 0.3) is 0 Å². The van der Waals surface area contributed by atoms with Crippen LogP contribution in [0.5, 0.6) is 0 Å². The van der Waals surface area contributed by atoms with E-state index in [1.54, 1.807) is 0 Å². The summed E-state index contributed by atoms with van der Waals surface area (Å²) in [6, 6.07) is 0.